The monoisotopic (exact) mass is 217 g/mol. The van der Waals surface area contributed by atoms with Crippen LogP contribution in [0.2, 0.25) is 0 Å². The summed E-state index contributed by atoms with van der Waals surface area (Å²) in [7, 11) is 0. The highest BCUT2D eigenvalue weighted by molar-refractivity contribution is 5.78. The molecule has 0 saturated carbocycles. The maximum atomic E-state index is 11.2. The third kappa shape index (κ3) is 7.93. The number of carboxylic acids is 1. The number of aliphatic carboxylic acids is 1. The van der Waals surface area contributed by atoms with E-state index < -0.39 is 11.9 Å². The summed E-state index contributed by atoms with van der Waals surface area (Å²) in [6.45, 7) is 7.16. The zero-order chi connectivity index (χ0) is 12.1. The molecule has 0 aromatic rings. The molecular weight excluding hydrogens is 198 g/mol. The van der Waals surface area contributed by atoms with Gasteiger partial charge in [0.05, 0.1) is 11.5 Å². The van der Waals surface area contributed by atoms with Gasteiger partial charge in [0, 0.05) is 6.54 Å². The second-order valence-electron chi connectivity index (χ2n) is 4.44. The average Bonchev–Trinajstić information content (AvgIpc) is 2.09. The van der Waals surface area contributed by atoms with Crippen LogP contribution in [0, 0.1) is 5.92 Å². The predicted octanol–water partition coefficient (Wildman–Crippen LogP) is 0.638. The summed E-state index contributed by atoms with van der Waals surface area (Å²) >= 11 is 0. The van der Waals surface area contributed by atoms with Crippen LogP contribution in [0.15, 0.2) is 0 Å². The third-order valence-corrected chi connectivity index (χ3v) is 1.66. The predicted molar refractivity (Wildman–Crippen MR) is 55.5 cm³/mol. The standard InChI is InChI=1S/C10H19NO4/c1-7(9(13)14)5-11-8(12)6-15-10(2,3)4/h7H,5-6H2,1-4H3,(H,11,12)(H,13,14). The molecule has 5 heteroatoms. The van der Waals surface area contributed by atoms with Gasteiger partial charge in [-0.1, -0.05) is 6.92 Å². The first kappa shape index (κ1) is 13.9. The number of ether oxygens (including phenoxy) is 1. The second-order valence-corrected chi connectivity index (χ2v) is 4.44. The highest BCUT2D eigenvalue weighted by Crippen LogP contribution is 2.05. The van der Waals surface area contributed by atoms with Crippen molar-refractivity contribution in [2.24, 2.45) is 5.92 Å². The first-order chi connectivity index (χ1) is 6.72. The van der Waals surface area contributed by atoms with Gasteiger partial charge in [0.25, 0.3) is 0 Å². The molecule has 0 rings (SSSR count). The van der Waals surface area contributed by atoms with Crippen LogP contribution in [0.5, 0.6) is 0 Å². The van der Waals surface area contributed by atoms with Crippen molar-refractivity contribution in [1.29, 1.82) is 0 Å². The zero-order valence-electron chi connectivity index (χ0n) is 9.66. The normalized spacial score (nSPS) is 13.3. The van der Waals surface area contributed by atoms with E-state index in [1.807, 2.05) is 20.8 Å². The van der Waals surface area contributed by atoms with Crippen molar-refractivity contribution in [3.63, 3.8) is 0 Å². The molecule has 0 aliphatic heterocycles. The highest BCUT2D eigenvalue weighted by Gasteiger charge is 2.15. The Morgan fingerprint density at radius 2 is 1.93 bits per heavy atom. The molecule has 0 bridgehead atoms. The Hall–Kier alpha value is -1.10. The van der Waals surface area contributed by atoms with E-state index in [0.717, 1.165) is 0 Å². The van der Waals surface area contributed by atoms with E-state index in [2.05, 4.69) is 5.32 Å². The van der Waals surface area contributed by atoms with Crippen LogP contribution in [0.1, 0.15) is 27.7 Å². The maximum Gasteiger partial charge on any atom is 0.308 e. The Morgan fingerprint density at radius 3 is 2.33 bits per heavy atom. The Labute approximate surface area is 89.8 Å². The lowest BCUT2D eigenvalue weighted by atomic mass is 10.2. The molecule has 15 heavy (non-hydrogen) atoms. The van der Waals surface area contributed by atoms with E-state index in [0.29, 0.717) is 0 Å². The van der Waals surface area contributed by atoms with E-state index in [9.17, 15) is 9.59 Å². The van der Waals surface area contributed by atoms with Gasteiger partial charge in [-0.15, -0.1) is 0 Å². The molecule has 0 aromatic heterocycles. The van der Waals surface area contributed by atoms with Crippen LogP contribution < -0.4 is 5.32 Å². The molecule has 0 heterocycles. The molecule has 0 aliphatic carbocycles. The van der Waals surface area contributed by atoms with Crippen molar-refractivity contribution in [3.05, 3.63) is 0 Å². The minimum Gasteiger partial charge on any atom is -0.481 e. The van der Waals surface area contributed by atoms with E-state index in [1.54, 1.807) is 0 Å². The lowest BCUT2D eigenvalue weighted by Gasteiger charge is -2.19. The lowest BCUT2D eigenvalue weighted by molar-refractivity contribution is -0.141. The van der Waals surface area contributed by atoms with Crippen molar-refractivity contribution in [2.75, 3.05) is 13.2 Å². The van der Waals surface area contributed by atoms with Crippen LogP contribution in [0.25, 0.3) is 0 Å². The van der Waals surface area contributed by atoms with Crippen LogP contribution >= 0.6 is 0 Å². The Kier molecular flexibility index (Phi) is 5.28. The van der Waals surface area contributed by atoms with Gasteiger partial charge in [0.2, 0.25) is 5.91 Å². The zero-order valence-corrected chi connectivity index (χ0v) is 9.66. The van der Waals surface area contributed by atoms with Crippen molar-refractivity contribution in [2.45, 2.75) is 33.3 Å². The fourth-order valence-electron chi connectivity index (χ4n) is 0.687. The Balaban J connectivity index is 3.72. The van der Waals surface area contributed by atoms with Gasteiger partial charge in [-0.25, -0.2) is 0 Å². The van der Waals surface area contributed by atoms with E-state index >= 15 is 0 Å². The molecule has 0 spiro atoms. The van der Waals surface area contributed by atoms with Crippen LogP contribution in [0.3, 0.4) is 0 Å². The van der Waals surface area contributed by atoms with Gasteiger partial charge in [-0.3, -0.25) is 9.59 Å². The molecule has 0 aliphatic rings. The van der Waals surface area contributed by atoms with Crippen molar-refractivity contribution in [1.82, 2.24) is 5.32 Å². The van der Waals surface area contributed by atoms with Crippen molar-refractivity contribution in [3.8, 4) is 0 Å². The minimum atomic E-state index is -0.924. The van der Waals surface area contributed by atoms with Gasteiger partial charge < -0.3 is 15.2 Å². The Morgan fingerprint density at radius 1 is 1.40 bits per heavy atom. The molecule has 0 fully saturated rings. The number of carbonyl (C=O) groups is 2. The molecule has 5 nitrogen and oxygen atoms in total. The summed E-state index contributed by atoms with van der Waals surface area (Å²) in [5, 5.41) is 11.1. The SMILES string of the molecule is CC(CNC(=O)COC(C)(C)C)C(=O)O. The summed E-state index contributed by atoms with van der Waals surface area (Å²) in [5.41, 5.74) is -0.365. The van der Waals surface area contributed by atoms with Gasteiger partial charge in [-0.2, -0.15) is 0 Å². The molecule has 0 radical (unpaired) electrons. The first-order valence-corrected chi connectivity index (χ1v) is 4.86. The van der Waals surface area contributed by atoms with Crippen LogP contribution in [-0.2, 0) is 14.3 Å². The van der Waals surface area contributed by atoms with E-state index in [1.165, 1.54) is 6.92 Å². The lowest BCUT2D eigenvalue weighted by Crippen LogP contribution is -2.36. The number of rotatable bonds is 5. The number of nitrogens with one attached hydrogen (secondary N) is 1. The highest BCUT2D eigenvalue weighted by atomic mass is 16.5. The molecule has 2 N–H and O–H groups in total. The van der Waals surface area contributed by atoms with Gasteiger partial charge in [-0.05, 0) is 20.8 Å². The molecule has 1 atom stereocenters. The first-order valence-electron chi connectivity index (χ1n) is 4.86. The summed E-state index contributed by atoms with van der Waals surface area (Å²) in [5.74, 6) is -1.80. The van der Waals surface area contributed by atoms with Crippen molar-refractivity contribution >= 4 is 11.9 Å². The quantitative estimate of drug-likeness (QED) is 0.708. The number of hydrogen-bond acceptors (Lipinski definition) is 3. The summed E-state index contributed by atoms with van der Waals surface area (Å²) in [6, 6.07) is 0. The van der Waals surface area contributed by atoms with E-state index in [4.69, 9.17) is 9.84 Å². The summed E-state index contributed by atoms with van der Waals surface area (Å²) in [4.78, 5) is 21.6. The van der Waals surface area contributed by atoms with Gasteiger partial charge in [0.15, 0.2) is 0 Å². The molecule has 88 valence electrons. The van der Waals surface area contributed by atoms with Gasteiger partial charge in [0.1, 0.15) is 6.61 Å². The second kappa shape index (κ2) is 5.70. The molecule has 0 aromatic carbocycles. The Bertz CT molecular complexity index is 232. The van der Waals surface area contributed by atoms with Crippen LogP contribution in [-0.4, -0.2) is 35.7 Å². The summed E-state index contributed by atoms with van der Waals surface area (Å²) < 4.78 is 5.22. The largest absolute Gasteiger partial charge is 0.481 e. The smallest absolute Gasteiger partial charge is 0.308 e. The van der Waals surface area contributed by atoms with E-state index in [-0.39, 0.29) is 24.7 Å². The molecule has 0 saturated heterocycles. The van der Waals surface area contributed by atoms with Crippen LogP contribution in [0.4, 0.5) is 0 Å². The van der Waals surface area contributed by atoms with Crippen molar-refractivity contribution < 1.29 is 19.4 Å². The number of carboxylic acid groups (broad SMARTS) is 1. The number of carbonyl (C=O) groups excluding carboxylic acids is 1. The average molecular weight is 217 g/mol. The fourth-order valence-corrected chi connectivity index (χ4v) is 0.687. The number of amides is 1. The minimum absolute atomic E-state index is 0.0458. The van der Waals surface area contributed by atoms with Gasteiger partial charge >= 0.3 is 5.97 Å². The maximum absolute atomic E-state index is 11.2. The topological polar surface area (TPSA) is 75.6 Å². The number of hydrogen-bond donors (Lipinski definition) is 2. The molecule has 1 unspecified atom stereocenters. The summed E-state index contributed by atoms with van der Waals surface area (Å²) in [6.07, 6.45) is 0. The third-order valence-electron chi connectivity index (χ3n) is 1.66. The fraction of sp³-hybridized carbons (Fsp3) is 0.800. The molecule has 1 amide bonds. The molecular formula is C10H19NO4.